The van der Waals surface area contributed by atoms with Crippen LogP contribution in [0.15, 0.2) is 47.5 Å². The number of ether oxygens (including phenoxy) is 2. The summed E-state index contributed by atoms with van der Waals surface area (Å²) in [5.41, 5.74) is 8.08. The van der Waals surface area contributed by atoms with Gasteiger partial charge in [0.05, 0.1) is 31.8 Å². The van der Waals surface area contributed by atoms with E-state index in [9.17, 15) is 0 Å². The maximum Gasteiger partial charge on any atom is 0.193 e. The maximum atomic E-state index is 6.17. The monoisotopic (exact) mass is 402 g/mol. The van der Waals surface area contributed by atoms with Crippen LogP contribution in [0.25, 0.3) is 0 Å². The predicted molar refractivity (Wildman–Crippen MR) is 115 cm³/mol. The highest BCUT2D eigenvalue weighted by Gasteiger charge is 2.23. The standard InChI is InChI=1S/C21H27ClN4O2/c1-27-17-7-5-6-15(12-17)19(26-10-3-4-11-26)14-24-21(23)25-16-8-9-20(28-2)18(22)13-16/h5-9,12-13,19H,3-4,10-11,14H2,1-2H3,(H3,23,24,25). The quantitative estimate of drug-likeness (QED) is 0.542. The molecule has 0 amide bonds. The van der Waals surface area contributed by atoms with E-state index < -0.39 is 0 Å². The molecule has 150 valence electrons. The van der Waals surface area contributed by atoms with Crippen LogP contribution in [0, 0.1) is 0 Å². The molecule has 6 nitrogen and oxygen atoms in total. The van der Waals surface area contributed by atoms with Gasteiger partial charge in [0.15, 0.2) is 5.96 Å². The lowest BCUT2D eigenvalue weighted by atomic mass is 10.1. The molecule has 0 saturated carbocycles. The van der Waals surface area contributed by atoms with Gasteiger partial charge in [0.1, 0.15) is 11.5 Å². The van der Waals surface area contributed by atoms with Gasteiger partial charge in [0.25, 0.3) is 0 Å². The van der Waals surface area contributed by atoms with Crippen LogP contribution in [0.3, 0.4) is 0 Å². The number of rotatable bonds is 7. The summed E-state index contributed by atoms with van der Waals surface area (Å²) >= 11 is 6.17. The Bertz CT molecular complexity index is 822. The second kappa shape index (κ2) is 9.66. The summed E-state index contributed by atoms with van der Waals surface area (Å²) in [5.74, 6) is 1.83. The van der Waals surface area contributed by atoms with Crippen molar-refractivity contribution < 1.29 is 9.47 Å². The molecule has 1 aliphatic rings. The Morgan fingerprint density at radius 1 is 1.18 bits per heavy atom. The molecule has 1 atom stereocenters. The Labute approximate surface area is 171 Å². The van der Waals surface area contributed by atoms with Crippen molar-refractivity contribution in [3.05, 3.63) is 53.1 Å². The molecular formula is C21H27ClN4O2. The number of hydrogen-bond donors (Lipinski definition) is 2. The number of nitrogens with zero attached hydrogens (tertiary/aromatic N) is 2. The van der Waals surface area contributed by atoms with E-state index in [2.05, 4.69) is 27.3 Å². The topological polar surface area (TPSA) is 72.1 Å². The maximum absolute atomic E-state index is 6.17. The molecule has 1 heterocycles. The van der Waals surface area contributed by atoms with Crippen LogP contribution in [0.5, 0.6) is 11.5 Å². The van der Waals surface area contributed by atoms with Gasteiger partial charge in [0, 0.05) is 5.69 Å². The van der Waals surface area contributed by atoms with Crippen LogP contribution >= 0.6 is 11.6 Å². The zero-order valence-corrected chi connectivity index (χ0v) is 17.1. The summed E-state index contributed by atoms with van der Waals surface area (Å²) < 4.78 is 10.6. The van der Waals surface area contributed by atoms with Crippen LogP contribution in [0.2, 0.25) is 5.02 Å². The van der Waals surface area contributed by atoms with Gasteiger partial charge in [-0.05, 0) is 61.8 Å². The molecule has 1 aliphatic heterocycles. The Morgan fingerprint density at radius 2 is 1.96 bits per heavy atom. The minimum absolute atomic E-state index is 0.164. The summed E-state index contributed by atoms with van der Waals surface area (Å²) in [6.45, 7) is 2.70. The third-order valence-corrected chi connectivity index (χ3v) is 5.21. The first-order chi connectivity index (χ1) is 13.6. The summed E-state index contributed by atoms with van der Waals surface area (Å²) in [4.78, 5) is 7.05. The first-order valence-corrected chi connectivity index (χ1v) is 9.77. The number of likely N-dealkylation sites (tertiary alicyclic amines) is 1. The van der Waals surface area contributed by atoms with Gasteiger partial charge < -0.3 is 20.5 Å². The number of guanidine groups is 1. The Hall–Kier alpha value is -2.44. The molecule has 1 fully saturated rings. The molecule has 1 unspecified atom stereocenters. The molecule has 0 radical (unpaired) electrons. The normalized spacial score (nSPS) is 16.0. The molecule has 0 spiro atoms. The van der Waals surface area contributed by atoms with Gasteiger partial charge in [-0.25, -0.2) is 0 Å². The van der Waals surface area contributed by atoms with Crippen molar-refractivity contribution >= 4 is 23.2 Å². The Kier molecular flexibility index (Phi) is 7.01. The fourth-order valence-electron chi connectivity index (χ4n) is 3.45. The fraction of sp³-hybridized carbons (Fsp3) is 0.381. The van der Waals surface area contributed by atoms with E-state index in [1.54, 1.807) is 26.4 Å². The van der Waals surface area contributed by atoms with Crippen LogP contribution in [-0.4, -0.2) is 44.7 Å². The molecule has 7 heteroatoms. The molecule has 28 heavy (non-hydrogen) atoms. The lowest BCUT2D eigenvalue weighted by molar-refractivity contribution is 0.251. The minimum Gasteiger partial charge on any atom is -0.497 e. The van der Waals surface area contributed by atoms with Gasteiger partial charge in [0.2, 0.25) is 0 Å². The van der Waals surface area contributed by atoms with E-state index in [4.69, 9.17) is 26.8 Å². The summed E-state index contributed by atoms with van der Waals surface area (Å²) in [6.07, 6.45) is 2.42. The summed E-state index contributed by atoms with van der Waals surface area (Å²) in [5, 5.41) is 3.62. The third kappa shape index (κ3) is 5.09. The van der Waals surface area contributed by atoms with Gasteiger partial charge in [-0.2, -0.15) is 0 Å². The average molecular weight is 403 g/mol. The van der Waals surface area contributed by atoms with Crippen LogP contribution in [-0.2, 0) is 0 Å². The molecule has 3 N–H and O–H groups in total. The van der Waals surface area contributed by atoms with Crippen LogP contribution < -0.4 is 20.5 Å². The number of halogens is 1. The Morgan fingerprint density at radius 3 is 2.64 bits per heavy atom. The number of methoxy groups -OCH3 is 2. The lowest BCUT2D eigenvalue weighted by Crippen LogP contribution is -2.30. The van der Waals surface area contributed by atoms with Crippen LogP contribution in [0.4, 0.5) is 5.69 Å². The highest BCUT2D eigenvalue weighted by Crippen LogP contribution is 2.29. The van der Waals surface area contributed by atoms with Crippen molar-refractivity contribution in [3.63, 3.8) is 0 Å². The number of nitrogens with two attached hydrogens (primary N) is 1. The predicted octanol–water partition coefficient (Wildman–Crippen LogP) is 3.92. The van der Waals surface area contributed by atoms with Crippen molar-refractivity contribution in [2.45, 2.75) is 18.9 Å². The molecule has 2 aromatic rings. The van der Waals surface area contributed by atoms with E-state index in [1.807, 2.05) is 18.2 Å². The Balaban J connectivity index is 1.73. The van der Waals surface area contributed by atoms with Crippen molar-refractivity contribution in [2.75, 3.05) is 39.2 Å². The third-order valence-electron chi connectivity index (χ3n) is 4.92. The fourth-order valence-corrected chi connectivity index (χ4v) is 3.71. The van der Waals surface area contributed by atoms with Gasteiger partial charge in [-0.1, -0.05) is 23.7 Å². The van der Waals surface area contributed by atoms with E-state index in [-0.39, 0.29) is 6.04 Å². The average Bonchev–Trinajstić information content (AvgIpc) is 3.23. The molecule has 1 saturated heterocycles. The van der Waals surface area contributed by atoms with E-state index >= 15 is 0 Å². The SMILES string of the molecule is COc1cccc(C(CN=C(N)Nc2ccc(OC)c(Cl)c2)N2CCCC2)c1. The number of anilines is 1. The first-order valence-electron chi connectivity index (χ1n) is 9.39. The summed E-state index contributed by atoms with van der Waals surface area (Å²) in [6, 6.07) is 13.7. The first kappa shape index (κ1) is 20.3. The smallest absolute Gasteiger partial charge is 0.193 e. The molecule has 0 aliphatic carbocycles. The van der Waals surface area contributed by atoms with Gasteiger partial charge in [-0.15, -0.1) is 0 Å². The van der Waals surface area contributed by atoms with Crippen LogP contribution in [0.1, 0.15) is 24.4 Å². The van der Waals surface area contributed by atoms with E-state index in [0.717, 1.165) is 24.5 Å². The van der Waals surface area contributed by atoms with Crippen molar-refractivity contribution in [1.29, 1.82) is 0 Å². The van der Waals surface area contributed by atoms with E-state index in [0.29, 0.717) is 23.3 Å². The number of nitrogens with one attached hydrogen (secondary N) is 1. The number of hydrogen-bond acceptors (Lipinski definition) is 4. The lowest BCUT2D eigenvalue weighted by Gasteiger charge is -2.27. The second-order valence-electron chi connectivity index (χ2n) is 6.74. The molecular weight excluding hydrogens is 376 g/mol. The molecule has 0 bridgehead atoms. The highest BCUT2D eigenvalue weighted by molar-refractivity contribution is 6.32. The van der Waals surface area contributed by atoms with E-state index in [1.165, 1.54) is 18.4 Å². The van der Waals surface area contributed by atoms with Crippen molar-refractivity contribution in [3.8, 4) is 11.5 Å². The molecule has 3 rings (SSSR count). The van der Waals surface area contributed by atoms with Gasteiger partial charge >= 0.3 is 0 Å². The zero-order chi connectivity index (χ0) is 19.9. The molecule has 0 aromatic heterocycles. The minimum atomic E-state index is 0.164. The molecule has 2 aromatic carbocycles. The second-order valence-corrected chi connectivity index (χ2v) is 7.14. The highest BCUT2D eigenvalue weighted by atomic mass is 35.5. The zero-order valence-electron chi connectivity index (χ0n) is 16.3. The van der Waals surface area contributed by atoms with Crippen molar-refractivity contribution in [1.82, 2.24) is 4.90 Å². The summed E-state index contributed by atoms with van der Waals surface area (Å²) in [7, 11) is 3.27. The van der Waals surface area contributed by atoms with Gasteiger partial charge in [-0.3, -0.25) is 9.89 Å². The largest absolute Gasteiger partial charge is 0.497 e. The number of aliphatic imine (C=N–C) groups is 1. The van der Waals surface area contributed by atoms with Crippen molar-refractivity contribution in [2.24, 2.45) is 10.7 Å². The number of benzene rings is 2.